The molecule has 6 N–H and O–H groups in total. The van der Waals surface area contributed by atoms with Gasteiger partial charge in [-0.1, -0.05) is 19.7 Å². The molecule has 0 aliphatic carbocycles. The summed E-state index contributed by atoms with van der Waals surface area (Å²) < 4.78 is 13.9. The van der Waals surface area contributed by atoms with Crippen LogP contribution in [0.15, 0.2) is 38.0 Å². The lowest BCUT2D eigenvalue weighted by Crippen LogP contribution is -2.56. The van der Waals surface area contributed by atoms with E-state index in [0.717, 1.165) is 18.2 Å². The highest BCUT2D eigenvalue weighted by Gasteiger charge is 2.45. The van der Waals surface area contributed by atoms with Crippen molar-refractivity contribution in [2.45, 2.75) is 55.4 Å². The lowest BCUT2D eigenvalue weighted by atomic mass is 9.80. The Labute approximate surface area is 191 Å². The van der Waals surface area contributed by atoms with Crippen LogP contribution in [0.1, 0.15) is 19.3 Å². The molecule has 0 saturated heterocycles. The predicted molar refractivity (Wildman–Crippen MR) is 112 cm³/mol. The molecule has 12 heteroatoms. The molecule has 0 aromatic rings. The molecular weight excluding hydrogens is 444 g/mol. The number of carbonyl (C=O) groups is 3. The number of aliphatic hydroxyl groups excluding tert-OH is 5. The molecule has 0 rings (SSSR count). The van der Waals surface area contributed by atoms with Crippen LogP contribution in [-0.4, -0.2) is 104 Å². The quantitative estimate of drug-likeness (QED) is 0.0758. The summed E-state index contributed by atoms with van der Waals surface area (Å²) in [5.74, 6) is -2.54. The number of carbonyl (C=O) groups excluding carboxylic acids is 3. The van der Waals surface area contributed by atoms with E-state index in [0.29, 0.717) is 0 Å². The first-order chi connectivity index (χ1) is 15.4. The van der Waals surface area contributed by atoms with Gasteiger partial charge in [0.25, 0.3) is 0 Å². The zero-order chi connectivity index (χ0) is 25.6. The zero-order valence-corrected chi connectivity index (χ0v) is 18.1. The van der Waals surface area contributed by atoms with Crippen molar-refractivity contribution in [1.29, 1.82) is 0 Å². The molecule has 0 aromatic carbocycles. The maximum absolute atomic E-state index is 11.2. The smallest absolute Gasteiger partial charge is 0.330 e. The van der Waals surface area contributed by atoms with Gasteiger partial charge in [-0.05, 0) is 0 Å². The van der Waals surface area contributed by atoms with E-state index in [1.165, 1.54) is 0 Å². The summed E-state index contributed by atoms with van der Waals surface area (Å²) in [6.07, 6.45) is -7.77. The summed E-state index contributed by atoms with van der Waals surface area (Å²) >= 11 is 0. The predicted octanol–water partition coefficient (Wildman–Crippen LogP) is -2.12. The van der Waals surface area contributed by atoms with Gasteiger partial charge in [-0.25, -0.2) is 14.4 Å². The molecule has 0 aromatic heterocycles. The fourth-order valence-corrected chi connectivity index (χ4v) is 2.70. The van der Waals surface area contributed by atoms with Crippen molar-refractivity contribution in [1.82, 2.24) is 0 Å². The fourth-order valence-electron chi connectivity index (χ4n) is 2.70. The van der Waals surface area contributed by atoms with Gasteiger partial charge in [0.2, 0.25) is 0 Å². The molecule has 0 saturated carbocycles. The Bertz CT molecular complexity index is 638. The monoisotopic (exact) mass is 476 g/mol. The number of rotatable bonds is 17. The van der Waals surface area contributed by atoms with E-state index in [1.54, 1.807) is 0 Å². The van der Waals surface area contributed by atoms with E-state index in [2.05, 4.69) is 33.9 Å². The van der Waals surface area contributed by atoms with Crippen molar-refractivity contribution in [2.75, 3.05) is 19.8 Å². The van der Waals surface area contributed by atoms with Crippen molar-refractivity contribution in [2.24, 2.45) is 0 Å². The first kappa shape index (κ1) is 30.4. The van der Waals surface area contributed by atoms with E-state index in [4.69, 9.17) is 0 Å². The largest absolute Gasteiger partial charge is 0.460 e. The highest BCUT2D eigenvalue weighted by Crippen LogP contribution is 2.28. The van der Waals surface area contributed by atoms with E-state index in [9.17, 15) is 45.0 Å². The van der Waals surface area contributed by atoms with Gasteiger partial charge in [0.1, 0.15) is 25.4 Å². The summed E-state index contributed by atoms with van der Waals surface area (Å²) in [5, 5.41) is 62.1. The van der Waals surface area contributed by atoms with Crippen LogP contribution in [0.4, 0.5) is 0 Å². The van der Waals surface area contributed by atoms with Crippen LogP contribution in [0, 0.1) is 0 Å². The van der Waals surface area contributed by atoms with Crippen LogP contribution >= 0.6 is 0 Å². The van der Waals surface area contributed by atoms with Crippen LogP contribution in [0.25, 0.3) is 0 Å². The van der Waals surface area contributed by atoms with Gasteiger partial charge in [0.05, 0.1) is 30.5 Å². The van der Waals surface area contributed by atoms with E-state index < -0.39 is 93.1 Å². The highest BCUT2D eigenvalue weighted by atomic mass is 16.5. The summed E-state index contributed by atoms with van der Waals surface area (Å²) in [6.45, 7) is 7.80. The third kappa shape index (κ3) is 11.7. The van der Waals surface area contributed by atoms with Crippen LogP contribution in [0.2, 0.25) is 0 Å². The third-order valence-electron chi connectivity index (χ3n) is 4.46. The van der Waals surface area contributed by atoms with Gasteiger partial charge >= 0.3 is 17.9 Å². The Morgan fingerprint density at radius 2 is 0.970 bits per heavy atom. The molecule has 0 radical (unpaired) electrons. The molecule has 0 bridgehead atoms. The number of aliphatic hydroxyl groups is 6. The van der Waals surface area contributed by atoms with Crippen LogP contribution in [0.3, 0.4) is 0 Å². The normalized spacial score (nSPS) is 17.3. The Kier molecular flexibility index (Phi) is 14.1. The molecule has 0 spiro atoms. The topological polar surface area (TPSA) is 200 Å². The zero-order valence-electron chi connectivity index (χ0n) is 18.1. The summed E-state index contributed by atoms with van der Waals surface area (Å²) in [4.78, 5) is 33.4. The molecule has 0 amide bonds. The van der Waals surface area contributed by atoms with Crippen molar-refractivity contribution >= 4 is 17.9 Å². The van der Waals surface area contributed by atoms with Crippen LogP contribution in [0.5, 0.6) is 0 Å². The van der Waals surface area contributed by atoms with Crippen molar-refractivity contribution in [3.05, 3.63) is 38.0 Å². The Morgan fingerprint density at radius 3 is 1.27 bits per heavy atom. The van der Waals surface area contributed by atoms with Gasteiger partial charge in [0.15, 0.2) is 0 Å². The standard InChI is InChI=1S/C21H32O12/c1-4-18(27)31-10-13(22)7-16(25)21(30,9-15(24)12-33-20(29)6-3)17(26)8-14(23)11-32-19(28)5-2/h4-6,13-17,22-26,30H,1-3,7-12H2. The maximum atomic E-state index is 11.2. The first-order valence-corrected chi connectivity index (χ1v) is 9.89. The number of hydrogen-bond acceptors (Lipinski definition) is 12. The van der Waals surface area contributed by atoms with E-state index >= 15 is 0 Å². The van der Waals surface area contributed by atoms with E-state index in [-0.39, 0.29) is 0 Å². The second-order valence-electron chi connectivity index (χ2n) is 7.16. The molecule has 33 heavy (non-hydrogen) atoms. The molecule has 5 atom stereocenters. The van der Waals surface area contributed by atoms with Crippen molar-refractivity contribution in [3.8, 4) is 0 Å². The lowest BCUT2D eigenvalue weighted by Gasteiger charge is -2.39. The summed E-state index contributed by atoms with van der Waals surface area (Å²) in [5.41, 5.74) is -2.53. The Hall–Kier alpha value is -2.61. The third-order valence-corrected chi connectivity index (χ3v) is 4.46. The van der Waals surface area contributed by atoms with Gasteiger partial charge in [-0.15, -0.1) is 0 Å². The molecule has 12 nitrogen and oxygen atoms in total. The Balaban J connectivity index is 5.36. The molecule has 0 fully saturated rings. The van der Waals surface area contributed by atoms with Crippen LogP contribution < -0.4 is 0 Å². The minimum absolute atomic E-state index is 0.562. The van der Waals surface area contributed by atoms with Gasteiger partial charge in [-0.2, -0.15) is 0 Å². The summed E-state index contributed by atoms with van der Waals surface area (Å²) in [7, 11) is 0. The molecule has 0 heterocycles. The molecule has 0 aliphatic rings. The number of esters is 3. The average Bonchev–Trinajstić information content (AvgIpc) is 2.78. The lowest BCUT2D eigenvalue weighted by molar-refractivity contribution is -0.186. The van der Waals surface area contributed by atoms with Gasteiger partial charge < -0.3 is 44.8 Å². The SMILES string of the molecule is C=CC(=O)OCC(O)CC(O)C(O)(CC(O)COC(=O)C=C)C(O)CC(O)COC(=O)C=C. The minimum Gasteiger partial charge on any atom is -0.460 e. The minimum atomic E-state index is -2.53. The Morgan fingerprint density at radius 1 is 0.667 bits per heavy atom. The average molecular weight is 476 g/mol. The van der Waals surface area contributed by atoms with Crippen molar-refractivity contribution < 1.29 is 59.2 Å². The second-order valence-corrected chi connectivity index (χ2v) is 7.16. The molecule has 0 aliphatic heterocycles. The van der Waals surface area contributed by atoms with E-state index in [1.807, 2.05) is 0 Å². The first-order valence-electron chi connectivity index (χ1n) is 9.89. The number of ether oxygens (including phenoxy) is 3. The maximum Gasteiger partial charge on any atom is 0.330 e. The fraction of sp³-hybridized carbons (Fsp3) is 0.571. The number of hydrogen-bond donors (Lipinski definition) is 6. The summed E-state index contributed by atoms with van der Waals surface area (Å²) in [6, 6.07) is 0. The molecule has 188 valence electrons. The van der Waals surface area contributed by atoms with Gasteiger partial charge in [-0.3, -0.25) is 0 Å². The molecule has 5 unspecified atom stereocenters. The van der Waals surface area contributed by atoms with Crippen molar-refractivity contribution in [3.63, 3.8) is 0 Å². The second kappa shape index (κ2) is 15.3. The highest BCUT2D eigenvalue weighted by molar-refractivity contribution is 5.81. The van der Waals surface area contributed by atoms with Gasteiger partial charge in [0, 0.05) is 37.5 Å². The van der Waals surface area contributed by atoms with Crippen LogP contribution in [-0.2, 0) is 28.6 Å². The molecular formula is C21H32O12.